The molecule has 1 amide bonds. The minimum atomic E-state index is -2.11. The maximum absolute atomic E-state index is 13.8. The lowest BCUT2D eigenvalue weighted by atomic mass is 9.70. The number of amides is 1. The Hall–Kier alpha value is -3.95. The number of aliphatic hydroxyl groups excluding tert-OH is 1. The number of rotatable bonds is 7. The summed E-state index contributed by atoms with van der Waals surface area (Å²) in [6.45, 7) is 0. The van der Waals surface area contributed by atoms with Crippen molar-refractivity contribution < 1.29 is 38.7 Å². The van der Waals surface area contributed by atoms with Gasteiger partial charge in [-0.05, 0) is 17.7 Å². The summed E-state index contributed by atoms with van der Waals surface area (Å²) in [5.41, 5.74) is -2.35. The fraction of sp³-hybridized carbons (Fsp3) is 0.367. The van der Waals surface area contributed by atoms with Crippen LogP contribution in [-0.4, -0.2) is 69.7 Å². The molecule has 2 N–H and O–H groups in total. The van der Waals surface area contributed by atoms with E-state index >= 15 is 0 Å². The summed E-state index contributed by atoms with van der Waals surface area (Å²) in [6, 6.07) is 17.8. The Bertz CT molecular complexity index is 1390. The molecule has 1 saturated carbocycles. The molecule has 1 aliphatic heterocycles. The zero-order valence-corrected chi connectivity index (χ0v) is 22.8. The molecule has 3 unspecified atom stereocenters. The van der Waals surface area contributed by atoms with Crippen LogP contribution in [0.3, 0.4) is 0 Å². The van der Waals surface area contributed by atoms with Crippen molar-refractivity contribution in [2.75, 3.05) is 42.5 Å². The molecule has 0 aromatic heterocycles. The smallest absolute Gasteiger partial charge is 0.228 e. The van der Waals surface area contributed by atoms with E-state index < -0.39 is 29.1 Å². The molecule has 1 aliphatic carbocycles. The summed E-state index contributed by atoms with van der Waals surface area (Å²) in [5, 5.41) is 25.0. The average Bonchev–Trinajstić information content (AvgIpc) is 3.34. The second-order valence-electron chi connectivity index (χ2n) is 9.97. The molecule has 9 nitrogen and oxygen atoms in total. The summed E-state index contributed by atoms with van der Waals surface area (Å²) >= 11 is 0. The van der Waals surface area contributed by atoms with Crippen LogP contribution >= 0.6 is 0 Å². The van der Waals surface area contributed by atoms with E-state index in [1.54, 1.807) is 44.4 Å². The van der Waals surface area contributed by atoms with Crippen LogP contribution in [0.15, 0.2) is 60.7 Å². The lowest BCUT2D eigenvalue weighted by Gasteiger charge is -2.41. The minimum Gasteiger partial charge on any atom is -0.496 e. The molecule has 2 aliphatic rings. The Labute approximate surface area is 227 Å². The van der Waals surface area contributed by atoms with Gasteiger partial charge in [-0.25, -0.2) is 0 Å². The lowest BCUT2D eigenvalue weighted by molar-refractivity contribution is -0.156. The van der Waals surface area contributed by atoms with Gasteiger partial charge in [0.1, 0.15) is 23.4 Å². The molecular weight excluding hydrogens is 502 g/mol. The quantitative estimate of drug-likeness (QED) is 0.476. The van der Waals surface area contributed by atoms with Gasteiger partial charge in [0.05, 0.1) is 39.9 Å². The first-order valence-electron chi connectivity index (χ1n) is 12.5. The largest absolute Gasteiger partial charge is 0.496 e. The first kappa shape index (κ1) is 26.6. The Morgan fingerprint density at radius 2 is 1.54 bits per heavy atom. The van der Waals surface area contributed by atoms with E-state index in [-0.39, 0.29) is 23.0 Å². The third kappa shape index (κ3) is 3.57. The van der Waals surface area contributed by atoms with E-state index in [1.807, 2.05) is 30.3 Å². The molecule has 9 heteroatoms. The van der Waals surface area contributed by atoms with E-state index in [2.05, 4.69) is 0 Å². The van der Waals surface area contributed by atoms with Gasteiger partial charge in [-0.2, -0.15) is 0 Å². The molecule has 0 saturated heterocycles. The van der Waals surface area contributed by atoms with Gasteiger partial charge >= 0.3 is 0 Å². The van der Waals surface area contributed by atoms with Crippen LogP contribution < -0.4 is 23.7 Å². The zero-order chi connectivity index (χ0) is 28.1. The Morgan fingerprint density at radius 1 is 0.872 bits per heavy atom. The monoisotopic (exact) mass is 535 g/mol. The number of hydrogen-bond donors (Lipinski definition) is 2. The molecule has 3 aromatic carbocycles. The van der Waals surface area contributed by atoms with Gasteiger partial charge in [0.15, 0.2) is 22.7 Å². The van der Waals surface area contributed by atoms with E-state index in [1.165, 1.54) is 33.3 Å². The number of ether oxygens (including phenoxy) is 5. The summed E-state index contributed by atoms with van der Waals surface area (Å²) in [4.78, 5) is 15.2. The normalized spacial score (nSPS) is 26.7. The van der Waals surface area contributed by atoms with Crippen molar-refractivity contribution in [3.05, 3.63) is 77.4 Å². The van der Waals surface area contributed by atoms with Gasteiger partial charge in [0.25, 0.3) is 0 Å². The molecule has 0 bridgehead atoms. The van der Waals surface area contributed by atoms with Crippen LogP contribution in [-0.2, 0) is 16.0 Å². The summed E-state index contributed by atoms with van der Waals surface area (Å²) in [6.07, 6.45) is -1.57. The van der Waals surface area contributed by atoms with Crippen molar-refractivity contribution in [2.45, 2.75) is 23.2 Å². The van der Waals surface area contributed by atoms with E-state index in [0.717, 1.165) is 0 Å². The first-order valence-corrected chi connectivity index (χ1v) is 12.5. The lowest BCUT2D eigenvalue weighted by Crippen LogP contribution is -2.52. The van der Waals surface area contributed by atoms with Gasteiger partial charge in [-0.15, -0.1) is 0 Å². The van der Waals surface area contributed by atoms with Crippen LogP contribution in [0.1, 0.15) is 22.6 Å². The van der Waals surface area contributed by atoms with Crippen LogP contribution in [0.4, 0.5) is 0 Å². The topological polar surface area (TPSA) is 107 Å². The van der Waals surface area contributed by atoms with Gasteiger partial charge in [-0.3, -0.25) is 4.79 Å². The number of aliphatic hydroxyl groups is 2. The van der Waals surface area contributed by atoms with Crippen LogP contribution in [0.2, 0.25) is 0 Å². The molecule has 5 atom stereocenters. The molecule has 3 aromatic rings. The third-order valence-electron chi connectivity index (χ3n) is 7.98. The Kier molecular flexibility index (Phi) is 6.60. The molecule has 1 heterocycles. The predicted octanol–water partition coefficient (Wildman–Crippen LogP) is 3.06. The number of carbonyl (C=O) groups excluding carboxylic acids is 1. The van der Waals surface area contributed by atoms with Crippen molar-refractivity contribution in [1.29, 1.82) is 0 Å². The van der Waals surface area contributed by atoms with Crippen molar-refractivity contribution >= 4 is 5.91 Å². The first-order chi connectivity index (χ1) is 18.7. The van der Waals surface area contributed by atoms with Gasteiger partial charge in [0.2, 0.25) is 5.91 Å². The van der Waals surface area contributed by atoms with Crippen molar-refractivity contribution in [3.63, 3.8) is 0 Å². The minimum absolute atomic E-state index is 0.239. The summed E-state index contributed by atoms with van der Waals surface area (Å²) in [5.74, 6) is -0.376. The molecule has 206 valence electrons. The number of carbonyl (C=O) groups is 1. The third-order valence-corrected chi connectivity index (χ3v) is 7.98. The number of fused-ring (bicyclic) bond motifs is 3. The fourth-order valence-corrected chi connectivity index (χ4v) is 6.30. The highest BCUT2D eigenvalue weighted by Gasteiger charge is 2.78. The van der Waals surface area contributed by atoms with Crippen LogP contribution in [0, 0.1) is 5.92 Å². The summed E-state index contributed by atoms with van der Waals surface area (Å²) in [7, 11) is 9.27. The molecule has 1 fully saturated rings. The zero-order valence-electron chi connectivity index (χ0n) is 22.8. The highest BCUT2D eigenvalue weighted by molar-refractivity contribution is 5.83. The van der Waals surface area contributed by atoms with E-state index in [9.17, 15) is 15.0 Å². The Balaban J connectivity index is 1.91. The highest BCUT2D eigenvalue weighted by atomic mass is 16.5. The molecular formula is C30H33NO8. The standard InChI is InChI=1S/C30H33NO8/c1-31(2)28(33)24-25(17-10-8-7-9-11-17)30(18-12-13-20(36-4)21(14-18)37-5)29(34,27(24)32)26-22(38-6)15-19(35-3)16-23(26)39-30/h7-16,24-25,27,32,34H,1-6H3/t24?,25?,27?,29-,30-/m0/s1. The van der Waals surface area contributed by atoms with Gasteiger partial charge in [-0.1, -0.05) is 36.4 Å². The molecule has 0 radical (unpaired) electrons. The fourth-order valence-electron chi connectivity index (χ4n) is 6.30. The van der Waals surface area contributed by atoms with Crippen LogP contribution in [0.5, 0.6) is 28.7 Å². The molecule has 5 rings (SSSR count). The number of hydrogen-bond acceptors (Lipinski definition) is 8. The molecule has 39 heavy (non-hydrogen) atoms. The van der Waals surface area contributed by atoms with Gasteiger partial charge in [0, 0.05) is 37.7 Å². The van der Waals surface area contributed by atoms with Crippen molar-refractivity contribution in [2.24, 2.45) is 5.92 Å². The second kappa shape index (κ2) is 9.66. The summed E-state index contributed by atoms with van der Waals surface area (Å²) < 4.78 is 29.1. The average molecular weight is 536 g/mol. The van der Waals surface area contributed by atoms with Crippen LogP contribution in [0.25, 0.3) is 0 Å². The number of benzene rings is 3. The van der Waals surface area contributed by atoms with E-state index in [4.69, 9.17) is 23.7 Å². The highest BCUT2D eigenvalue weighted by Crippen LogP contribution is 2.70. The van der Waals surface area contributed by atoms with Gasteiger partial charge < -0.3 is 38.8 Å². The Morgan fingerprint density at radius 3 is 2.13 bits per heavy atom. The van der Waals surface area contributed by atoms with E-state index in [0.29, 0.717) is 28.4 Å². The SMILES string of the molecule is COc1cc(OC)c2c(c1)O[C@@]1(c3ccc(OC)c(OC)c3)C(c3ccccc3)C(C(=O)N(C)C)C(O)[C@@]21O. The van der Waals surface area contributed by atoms with Crippen molar-refractivity contribution in [1.82, 2.24) is 4.90 Å². The number of nitrogens with zero attached hydrogens (tertiary/aromatic N) is 1. The molecule has 0 spiro atoms. The second-order valence-corrected chi connectivity index (χ2v) is 9.97. The maximum Gasteiger partial charge on any atom is 0.228 e. The van der Waals surface area contributed by atoms with Crippen molar-refractivity contribution in [3.8, 4) is 28.7 Å². The maximum atomic E-state index is 13.8. The number of methoxy groups -OCH3 is 4. The predicted molar refractivity (Wildman–Crippen MR) is 143 cm³/mol.